The molecule has 1 aromatic heterocycles. The molecule has 20 heavy (non-hydrogen) atoms. The number of aromatic nitrogens is 1. The first-order valence-corrected chi connectivity index (χ1v) is 6.79. The number of ketones is 1. The Balaban J connectivity index is 2.08. The fraction of sp³-hybridized carbons (Fsp3) is 0. The summed E-state index contributed by atoms with van der Waals surface area (Å²) >= 11 is 3.17. The molecule has 0 spiro atoms. The average molecular weight is 330 g/mol. The molecule has 98 valence electrons. The number of para-hydroxylation sites is 1. The van der Waals surface area contributed by atoms with Crippen LogP contribution in [0.2, 0.25) is 0 Å². The van der Waals surface area contributed by atoms with Gasteiger partial charge in [0.2, 0.25) is 0 Å². The molecule has 0 bridgehead atoms. The Labute approximate surface area is 123 Å². The van der Waals surface area contributed by atoms with Crippen LogP contribution in [0.1, 0.15) is 15.9 Å². The number of hydrogen-bond donors (Lipinski definition) is 0. The van der Waals surface area contributed by atoms with E-state index in [0.717, 1.165) is 10.9 Å². The summed E-state index contributed by atoms with van der Waals surface area (Å²) in [7, 11) is 0. The maximum atomic E-state index is 13.8. The number of carbonyl (C=O) groups excluding carboxylic acids is 1. The predicted octanol–water partition coefficient (Wildman–Crippen LogP) is 4.37. The normalized spacial score (nSPS) is 10.7. The van der Waals surface area contributed by atoms with E-state index in [9.17, 15) is 9.18 Å². The quantitative estimate of drug-likeness (QED) is 0.653. The van der Waals surface area contributed by atoms with Crippen LogP contribution in [0, 0.1) is 5.82 Å². The van der Waals surface area contributed by atoms with Gasteiger partial charge in [0.25, 0.3) is 0 Å². The summed E-state index contributed by atoms with van der Waals surface area (Å²) in [5.41, 5.74) is 1.23. The van der Waals surface area contributed by atoms with Crippen molar-refractivity contribution in [1.29, 1.82) is 0 Å². The van der Waals surface area contributed by atoms with Gasteiger partial charge < -0.3 is 0 Å². The van der Waals surface area contributed by atoms with Crippen LogP contribution in [0.4, 0.5) is 4.39 Å². The Kier molecular flexibility index (Phi) is 3.32. The Morgan fingerprint density at radius 2 is 1.90 bits per heavy atom. The maximum absolute atomic E-state index is 13.8. The van der Waals surface area contributed by atoms with E-state index >= 15 is 0 Å². The smallest absolute Gasteiger partial charge is 0.197 e. The highest BCUT2D eigenvalue weighted by Crippen LogP contribution is 2.20. The summed E-state index contributed by atoms with van der Waals surface area (Å²) in [4.78, 5) is 16.5. The largest absolute Gasteiger partial charge is 0.288 e. The van der Waals surface area contributed by atoms with Gasteiger partial charge in [-0.15, -0.1) is 0 Å². The lowest BCUT2D eigenvalue weighted by atomic mass is 10.0. The number of halogens is 2. The van der Waals surface area contributed by atoms with E-state index in [4.69, 9.17) is 0 Å². The van der Waals surface area contributed by atoms with Crippen LogP contribution in [0.3, 0.4) is 0 Å². The van der Waals surface area contributed by atoms with E-state index < -0.39 is 5.82 Å². The lowest BCUT2D eigenvalue weighted by Gasteiger charge is -2.04. The molecule has 0 radical (unpaired) electrons. The topological polar surface area (TPSA) is 30.0 Å². The van der Waals surface area contributed by atoms with Crippen molar-refractivity contribution in [2.24, 2.45) is 0 Å². The number of fused-ring (bicyclic) bond motifs is 1. The molecule has 3 rings (SSSR count). The van der Waals surface area contributed by atoms with Crippen LogP contribution in [0.15, 0.2) is 59.2 Å². The molecular formula is C16H9BrFNO. The standard InChI is InChI=1S/C16H9BrFNO/c17-12-5-6-13(14(18)8-12)16(20)11-7-10-3-1-2-4-15(10)19-9-11/h1-9H. The third-order valence-electron chi connectivity index (χ3n) is 3.03. The summed E-state index contributed by atoms with van der Waals surface area (Å²) in [6, 6.07) is 13.6. The zero-order valence-electron chi connectivity index (χ0n) is 10.3. The summed E-state index contributed by atoms with van der Waals surface area (Å²) in [6.45, 7) is 0. The highest BCUT2D eigenvalue weighted by molar-refractivity contribution is 9.10. The third-order valence-corrected chi connectivity index (χ3v) is 3.52. The summed E-state index contributed by atoms with van der Waals surface area (Å²) in [6.07, 6.45) is 1.48. The van der Waals surface area contributed by atoms with Crippen molar-refractivity contribution >= 4 is 32.6 Å². The van der Waals surface area contributed by atoms with Crippen LogP contribution in [0.5, 0.6) is 0 Å². The fourth-order valence-electron chi connectivity index (χ4n) is 2.02. The number of hydrogen-bond acceptors (Lipinski definition) is 2. The van der Waals surface area contributed by atoms with Gasteiger partial charge in [-0.1, -0.05) is 34.1 Å². The first kappa shape index (κ1) is 12.9. The van der Waals surface area contributed by atoms with Crippen LogP contribution in [0.25, 0.3) is 10.9 Å². The number of pyridine rings is 1. The molecular weight excluding hydrogens is 321 g/mol. The summed E-state index contributed by atoms with van der Waals surface area (Å²) in [5, 5.41) is 0.857. The predicted molar refractivity (Wildman–Crippen MR) is 79.3 cm³/mol. The van der Waals surface area contributed by atoms with E-state index in [1.807, 2.05) is 24.3 Å². The molecule has 0 aliphatic rings. The molecule has 2 nitrogen and oxygen atoms in total. The zero-order valence-corrected chi connectivity index (χ0v) is 11.9. The second-order valence-electron chi connectivity index (χ2n) is 4.37. The highest BCUT2D eigenvalue weighted by atomic mass is 79.9. The third kappa shape index (κ3) is 2.34. The maximum Gasteiger partial charge on any atom is 0.197 e. The van der Waals surface area contributed by atoms with Crippen molar-refractivity contribution in [3.8, 4) is 0 Å². The molecule has 0 saturated heterocycles. The monoisotopic (exact) mass is 329 g/mol. The SMILES string of the molecule is O=C(c1cnc2ccccc2c1)c1ccc(Br)cc1F. The molecule has 2 aromatic carbocycles. The Hall–Kier alpha value is -2.07. The van der Waals surface area contributed by atoms with Crippen LogP contribution < -0.4 is 0 Å². The van der Waals surface area contributed by atoms with E-state index in [-0.39, 0.29) is 11.3 Å². The van der Waals surface area contributed by atoms with Gasteiger partial charge >= 0.3 is 0 Å². The molecule has 0 amide bonds. The molecule has 0 fully saturated rings. The van der Waals surface area contributed by atoms with Crippen LogP contribution >= 0.6 is 15.9 Å². The Morgan fingerprint density at radius 1 is 1.10 bits per heavy atom. The number of carbonyl (C=O) groups is 1. The van der Waals surface area contributed by atoms with Gasteiger partial charge in [0.15, 0.2) is 5.78 Å². The zero-order chi connectivity index (χ0) is 14.1. The number of benzene rings is 2. The summed E-state index contributed by atoms with van der Waals surface area (Å²) in [5.74, 6) is -0.911. The van der Waals surface area contributed by atoms with Crippen molar-refractivity contribution in [2.75, 3.05) is 0 Å². The van der Waals surface area contributed by atoms with Crippen LogP contribution in [-0.2, 0) is 0 Å². The molecule has 0 aliphatic heterocycles. The van der Waals surface area contributed by atoms with Crippen LogP contribution in [-0.4, -0.2) is 10.8 Å². The molecule has 0 saturated carbocycles. The lowest BCUT2D eigenvalue weighted by molar-refractivity contribution is 0.103. The average Bonchev–Trinajstić information content (AvgIpc) is 2.46. The highest BCUT2D eigenvalue weighted by Gasteiger charge is 2.15. The Bertz CT molecular complexity index is 816. The molecule has 0 atom stereocenters. The molecule has 1 heterocycles. The van der Waals surface area contributed by atoms with Crippen molar-refractivity contribution in [3.05, 3.63) is 76.1 Å². The van der Waals surface area contributed by atoms with Crippen molar-refractivity contribution in [2.45, 2.75) is 0 Å². The van der Waals surface area contributed by atoms with Crippen molar-refractivity contribution in [1.82, 2.24) is 4.98 Å². The minimum Gasteiger partial charge on any atom is -0.288 e. The van der Waals surface area contributed by atoms with Crippen molar-refractivity contribution < 1.29 is 9.18 Å². The van der Waals surface area contributed by atoms with Crippen molar-refractivity contribution in [3.63, 3.8) is 0 Å². The fourth-order valence-corrected chi connectivity index (χ4v) is 2.36. The second kappa shape index (κ2) is 5.13. The number of nitrogens with zero attached hydrogens (tertiary/aromatic N) is 1. The first-order chi connectivity index (χ1) is 9.65. The summed E-state index contributed by atoms with van der Waals surface area (Å²) < 4.78 is 14.4. The van der Waals surface area contributed by atoms with Gasteiger partial charge in [-0.3, -0.25) is 9.78 Å². The molecule has 0 N–H and O–H groups in total. The van der Waals surface area contributed by atoms with Gasteiger partial charge in [-0.25, -0.2) is 4.39 Å². The minimum absolute atomic E-state index is 0.0466. The molecule has 0 unspecified atom stereocenters. The van der Waals surface area contributed by atoms with Gasteiger partial charge in [0, 0.05) is 21.6 Å². The van der Waals surface area contributed by atoms with E-state index in [2.05, 4.69) is 20.9 Å². The number of rotatable bonds is 2. The van der Waals surface area contributed by atoms with Gasteiger partial charge in [0.05, 0.1) is 11.1 Å². The molecule has 4 heteroatoms. The Morgan fingerprint density at radius 3 is 2.70 bits per heavy atom. The first-order valence-electron chi connectivity index (χ1n) is 6.00. The molecule has 0 aliphatic carbocycles. The van der Waals surface area contributed by atoms with Gasteiger partial charge in [-0.2, -0.15) is 0 Å². The van der Waals surface area contributed by atoms with E-state index in [1.165, 1.54) is 18.3 Å². The molecule has 3 aromatic rings. The van der Waals surface area contributed by atoms with Gasteiger partial charge in [0.1, 0.15) is 5.82 Å². The second-order valence-corrected chi connectivity index (χ2v) is 5.29. The van der Waals surface area contributed by atoms with Gasteiger partial charge in [-0.05, 0) is 30.3 Å². The van der Waals surface area contributed by atoms with E-state index in [1.54, 1.807) is 12.1 Å². The van der Waals surface area contributed by atoms with E-state index in [0.29, 0.717) is 10.0 Å². The lowest BCUT2D eigenvalue weighted by Crippen LogP contribution is -2.04. The minimum atomic E-state index is -0.544.